The molecule has 1 aromatic heterocycles. The first kappa shape index (κ1) is 14.8. The molecule has 1 amide bonds. The lowest BCUT2D eigenvalue weighted by Crippen LogP contribution is -2.10. The van der Waals surface area contributed by atoms with E-state index in [1.807, 2.05) is 20.8 Å². The topological polar surface area (TPSA) is 90.1 Å². The summed E-state index contributed by atoms with van der Waals surface area (Å²) in [5.41, 5.74) is 6.48. The van der Waals surface area contributed by atoms with Crippen molar-refractivity contribution in [1.29, 1.82) is 0 Å². The molecule has 21 heavy (non-hydrogen) atoms. The van der Waals surface area contributed by atoms with Gasteiger partial charge in [-0.15, -0.1) is 0 Å². The molecule has 2 aromatic rings. The van der Waals surface area contributed by atoms with Crippen LogP contribution in [0.3, 0.4) is 0 Å². The molecule has 0 spiro atoms. The summed E-state index contributed by atoms with van der Waals surface area (Å²) in [5, 5.41) is 3.17. The minimum Gasteiger partial charge on any atom is -0.439 e. The van der Waals surface area contributed by atoms with Crippen LogP contribution in [-0.2, 0) is 0 Å². The van der Waals surface area contributed by atoms with Gasteiger partial charge in [-0.3, -0.25) is 4.79 Å². The van der Waals surface area contributed by atoms with Crippen LogP contribution in [0.4, 0.5) is 5.82 Å². The van der Waals surface area contributed by atoms with Gasteiger partial charge in [-0.1, -0.05) is 0 Å². The van der Waals surface area contributed by atoms with Gasteiger partial charge in [0.25, 0.3) is 0 Å². The van der Waals surface area contributed by atoms with Crippen LogP contribution in [0.5, 0.6) is 11.6 Å². The molecule has 1 aromatic carbocycles. The number of hydrogen-bond acceptors (Lipinski definition) is 5. The van der Waals surface area contributed by atoms with Gasteiger partial charge in [0.1, 0.15) is 17.4 Å². The maximum Gasteiger partial charge on any atom is 0.248 e. The summed E-state index contributed by atoms with van der Waals surface area (Å²) in [6, 6.07) is 6.60. The summed E-state index contributed by atoms with van der Waals surface area (Å²) in [7, 11) is 0. The number of anilines is 1. The van der Waals surface area contributed by atoms with Crippen LogP contribution in [0.25, 0.3) is 0 Å². The fraction of sp³-hybridized carbons (Fsp3) is 0.267. The fourth-order valence-corrected chi connectivity index (χ4v) is 1.84. The lowest BCUT2D eigenvalue weighted by molar-refractivity contribution is 0.100. The number of amides is 1. The Morgan fingerprint density at radius 2 is 1.90 bits per heavy atom. The minimum absolute atomic E-state index is 0.436. The van der Waals surface area contributed by atoms with E-state index in [1.54, 1.807) is 24.3 Å². The van der Waals surface area contributed by atoms with E-state index in [9.17, 15) is 4.79 Å². The van der Waals surface area contributed by atoms with Crippen molar-refractivity contribution < 1.29 is 9.53 Å². The molecule has 110 valence electrons. The molecule has 0 radical (unpaired) electrons. The summed E-state index contributed by atoms with van der Waals surface area (Å²) in [4.78, 5) is 19.7. The maximum atomic E-state index is 11.0. The highest BCUT2D eigenvalue weighted by Gasteiger charge is 2.11. The van der Waals surface area contributed by atoms with E-state index in [4.69, 9.17) is 10.5 Å². The average Bonchev–Trinajstić information content (AvgIpc) is 2.44. The van der Waals surface area contributed by atoms with E-state index < -0.39 is 5.91 Å². The van der Waals surface area contributed by atoms with Crippen molar-refractivity contribution in [3.8, 4) is 11.6 Å². The van der Waals surface area contributed by atoms with E-state index in [2.05, 4.69) is 15.3 Å². The van der Waals surface area contributed by atoms with Crippen LogP contribution in [0.15, 0.2) is 24.3 Å². The Morgan fingerprint density at radius 1 is 1.24 bits per heavy atom. The number of nitrogens with two attached hydrogens (primary N) is 1. The molecule has 0 aliphatic heterocycles. The van der Waals surface area contributed by atoms with Crippen molar-refractivity contribution in [3.63, 3.8) is 0 Å². The van der Waals surface area contributed by atoms with Gasteiger partial charge in [0.2, 0.25) is 11.8 Å². The number of carbonyl (C=O) groups is 1. The number of rotatable bonds is 5. The average molecular weight is 286 g/mol. The van der Waals surface area contributed by atoms with E-state index in [1.165, 1.54) is 0 Å². The highest BCUT2D eigenvalue weighted by atomic mass is 16.5. The van der Waals surface area contributed by atoms with Gasteiger partial charge in [0.05, 0.1) is 5.56 Å². The summed E-state index contributed by atoms with van der Waals surface area (Å²) < 4.78 is 5.77. The molecule has 0 atom stereocenters. The third-order valence-electron chi connectivity index (χ3n) is 2.91. The number of benzene rings is 1. The predicted octanol–water partition coefficient (Wildman–Crippen LogP) is 2.42. The third-order valence-corrected chi connectivity index (χ3v) is 2.91. The second-order valence-electron chi connectivity index (χ2n) is 4.57. The fourth-order valence-electron chi connectivity index (χ4n) is 1.84. The normalized spacial score (nSPS) is 10.2. The Bertz CT molecular complexity index is 653. The van der Waals surface area contributed by atoms with Crippen molar-refractivity contribution in [2.45, 2.75) is 20.8 Å². The molecule has 6 nitrogen and oxygen atoms in total. The number of hydrogen-bond donors (Lipinski definition) is 2. The molecule has 2 rings (SSSR count). The Balaban J connectivity index is 2.28. The molecule has 0 aliphatic rings. The Kier molecular flexibility index (Phi) is 4.37. The van der Waals surface area contributed by atoms with Crippen molar-refractivity contribution in [2.24, 2.45) is 5.73 Å². The van der Waals surface area contributed by atoms with Gasteiger partial charge in [0.15, 0.2) is 0 Å². The molecule has 0 saturated heterocycles. The molecule has 0 aliphatic carbocycles. The maximum absolute atomic E-state index is 11.0. The van der Waals surface area contributed by atoms with Crippen molar-refractivity contribution in [1.82, 2.24) is 9.97 Å². The second-order valence-corrected chi connectivity index (χ2v) is 4.57. The second kappa shape index (κ2) is 6.21. The first-order valence-corrected chi connectivity index (χ1v) is 6.68. The van der Waals surface area contributed by atoms with E-state index >= 15 is 0 Å². The van der Waals surface area contributed by atoms with Crippen LogP contribution in [-0.4, -0.2) is 22.4 Å². The highest BCUT2D eigenvalue weighted by molar-refractivity contribution is 5.92. The summed E-state index contributed by atoms with van der Waals surface area (Å²) in [6.07, 6.45) is 0. The van der Waals surface area contributed by atoms with Crippen LogP contribution < -0.4 is 15.8 Å². The summed E-state index contributed by atoms with van der Waals surface area (Å²) in [6.45, 7) is 6.47. The zero-order chi connectivity index (χ0) is 15.4. The van der Waals surface area contributed by atoms with Gasteiger partial charge in [-0.2, -0.15) is 4.98 Å². The SMILES string of the molecule is CCNc1nc(C)nc(Oc2ccc(C(N)=O)cc2)c1C. The number of carbonyl (C=O) groups excluding carboxylic acids is 1. The van der Waals surface area contributed by atoms with E-state index in [0.29, 0.717) is 23.0 Å². The lowest BCUT2D eigenvalue weighted by Gasteiger charge is -2.12. The van der Waals surface area contributed by atoms with Gasteiger partial charge in [-0.25, -0.2) is 4.98 Å². The van der Waals surface area contributed by atoms with Crippen molar-refractivity contribution in [2.75, 3.05) is 11.9 Å². The standard InChI is InChI=1S/C15H18N4O2/c1-4-17-14-9(2)15(19-10(3)18-14)21-12-7-5-11(6-8-12)13(16)20/h5-8H,4H2,1-3H3,(H2,16,20)(H,17,18,19). The zero-order valence-electron chi connectivity index (χ0n) is 12.3. The Hall–Kier alpha value is -2.63. The van der Waals surface area contributed by atoms with Crippen LogP contribution in [0.1, 0.15) is 28.7 Å². The first-order chi connectivity index (χ1) is 10.0. The molecular weight excluding hydrogens is 268 g/mol. The van der Waals surface area contributed by atoms with E-state index in [0.717, 1.165) is 17.9 Å². The Labute approximate surface area is 123 Å². The number of primary amides is 1. The van der Waals surface area contributed by atoms with Gasteiger partial charge >= 0.3 is 0 Å². The highest BCUT2D eigenvalue weighted by Crippen LogP contribution is 2.27. The van der Waals surface area contributed by atoms with Crippen molar-refractivity contribution in [3.05, 3.63) is 41.2 Å². The first-order valence-electron chi connectivity index (χ1n) is 6.68. The van der Waals surface area contributed by atoms with Crippen LogP contribution in [0, 0.1) is 13.8 Å². The molecule has 6 heteroatoms. The Morgan fingerprint density at radius 3 is 2.48 bits per heavy atom. The minimum atomic E-state index is -0.468. The largest absolute Gasteiger partial charge is 0.439 e. The predicted molar refractivity (Wildman–Crippen MR) is 80.7 cm³/mol. The lowest BCUT2D eigenvalue weighted by atomic mass is 10.2. The number of aryl methyl sites for hydroxylation is 1. The molecule has 0 unspecified atom stereocenters. The third kappa shape index (κ3) is 3.47. The monoisotopic (exact) mass is 286 g/mol. The summed E-state index contributed by atoms with van der Waals surface area (Å²) in [5.74, 6) is 1.99. The number of nitrogens with zero attached hydrogens (tertiary/aromatic N) is 2. The number of aromatic nitrogens is 2. The van der Waals surface area contributed by atoms with Gasteiger partial charge < -0.3 is 15.8 Å². The number of ether oxygens (including phenoxy) is 1. The smallest absolute Gasteiger partial charge is 0.248 e. The molecular formula is C15H18N4O2. The molecule has 0 saturated carbocycles. The van der Waals surface area contributed by atoms with E-state index in [-0.39, 0.29) is 0 Å². The van der Waals surface area contributed by atoms with Crippen LogP contribution >= 0.6 is 0 Å². The molecule has 3 N–H and O–H groups in total. The molecule has 0 fully saturated rings. The van der Waals surface area contributed by atoms with Crippen LogP contribution in [0.2, 0.25) is 0 Å². The number of nitrogens with one attached hydrogen (secondary N) is 1. The molecule has 1 heterocycles. The quantitative estimate of drug-likeness (QED) is 0.881. The summed E-state index contributed by atoms with van der Waals surface area (Å²) >= 11 is 0. The molecule has 0 bridgehead atoms. The van der Waals surface area contributed by atoms with Crippen molar-refractivity contribution >= 4 is 11.7 Å². The van der Waals surface area contributed by atoms with Gasteiger partial charge in [0, 0.05) is 12.1 Å². The zero-order valence-corrected chi connectivity index (χ0v) is 12.3. The van der Waals surface area contributed by atoms with Gasteiger partial charge in [-0.05, 0) is 45.0 Å².